The second kappa shape index (κ2) is 42.0. The van der Waals surface area contributed by atoms with Crippen LogP contribution in [0.3, 0.4) is 0 Å². The minimum Gasteiger partial charge on any atom is -0.321 e. The number of rotatable bonds is 44. The zero-order valence-electron chi connectivity index (χ0n) is 80.5. The second-order valence-electron chi connectivity index (χ2n) is 39.5. The van der Waals surface area contributed by atoms with Crippen molar-refractivity contribution < 1.29 is 0 Å². The van der Waals surface area contributed by atoms with Crippen molar-refractivity contribution in [2.24, 2.45) is 0 Å². The highest BCUT2D eigenvalue weighted by Crippen LogP contribution is 2.46. The quantitative estimate of drug-likeness (QED) is 0.0269. The van der Waals surface area contributed by atoms with Crippen LogP contribution < -0.4 is 0 Å². The lowest BCUT2D eigenvalue weighted by Gasteiger charge is -2.12. The molecule has 16 heteroatoms. The summed E-state index contributed by atoms with van der Waals surface area (Å²) in [7, 11) is 0. The van der Waals surface area contributed by atoms with Crippen molar-refractivity contribution in [2.75, 3.05) is 0 Å². The number of nitrogens with zero attached hydrogens (tertiary/aromatic N) is 14. The van der Waals surface area contributed by atoms with Crippen molar-refractivity contribution in [2.45, 2.75) is 310 Å². The van der Waals surface area contributed by atoms with Gasteiger partial charge in [0, 0.05) is 43.1 Å². The summed E-state index contributed by atoms with van der Waals surface area (Å²) < 4.78 is 0. The molecule has 0 fully saturated rings. The van der Waals surface area contributed by atoms with Gasteiger partial charge in [-0.2, -0.15) is 0 Å². The van der Waals surface area contributed by atoms with Crippen molar-refractivity contribution in [3.63, 3.8) is 0 Å². The summed E-state index contributed by atoms with van der Waals surface area (Å²) in [6.45, 7) is 9.18. The van der Waals surface area contributed by atoms with Crippen LogP contribution in [-0.4, -0.2) is 79.7 Å². The number of hydrogen-bond donors (Lipinski definition) is 2. The monoisotopic (exact) mass is 1800 g/mol. The average Bonchev–Trinajstić information content (AvgIpc) is 1.51. The number of aromatic amines is 2. The van der Waals surface area contributed by atoms with Gasteiger partial charge in [0.15, 0.2) is 45.9 Å². The largest absolute Gasteiger partial charge is 0.321 e. The molecule has 0 unspecified atom stereocenters. The molecule has 0 amide bonds. The van der Waals surface area contributed by atoms with E-state index in [1.165, 1.54) is 253 Å². The van der Waals surface area contributed by atoms with Crippen molar-refractivity contribution in [3.8, 4) is 46.1 Å². The molecule has 0 atom stereocenters. The van der Waals surface area contributed by atoms with Crippen LogP contribution >= 0.6 is 0 Å². The first-order chi connectivity index (χ1) is 67.3. The molecule has 21 rings (SSSR count). The van der Waals surface area contributed by atoms with Gasteiger partial charge in [-0.15, -0.1) is 0 Å². The number of H-pyrrole nitrogens is 2. The molecule has 690 valence electrons. The first kappa shape index (κ1) is 89.9. The molecule has 2 aliphatic rings. The molecular weight excluding hydrogens is 1670 g/mol. The van der Waals surface area contributed by atoms with Crippen LogP contribution in [0.15, 0.2) is 170 Å². The molecule has 7 aromatic heterocycles. The van der Waals surface area contributed by atoms with Gasteiger partial charge in [-0.25, -0.2) is 69.8 Å². The van der Waals surface area contributed by atoms with Crippen molar-refractivity contribution in [3.05, 3.63) is 192 Å². The lowest BCUT2D eigenvalue weighted by atomic mass is 9.96. The van der Waals surface area contributed by atoms with E-state index < -0.39 is 0 Å². The van der Waals surface area contributed by atoms with Gasteiger partial charge in [-0.05, 0) is 117 Å². The zero-order valence-corrected chi connectivity index (χ0v) is 80.5. The minimum atomic E-state index is 0.285. The van der Waals surface area contributed by atoms with E-state index in [0.717, 1.165) is 182 Å². The van der Waals surface area contributed by atoms with E-state index in [4.69, 9.17) is 69.8 Å². The number of fused-ring (bicyclic) bond motifs is 44. The molecule has 8 bridgehead atoms. The molecule has 9 heterocycles. The standard InChI is InChI=1S/C120H130N16/c1-5-9-13-17-21-25-29-33-37-41-53-77-65-69-89-93(73-77)81-57-45-49-61-85(81)97-101(89)125-109-105(121-97)113-129-117(109)133-114-106-110(126-102-90-70-66-78(54-42-38-34-30-26-22-18-14-10-6-2)74-94(90)82-58-46-50-62-86(82)98(102)122-106)119(130-114)135-116-108-112(128-104-92-72-68-80(56-44-40-36-32-28-24-20-16-12-8-4)76-96(92)84-60-48-52-64-88(84)100(104)124-108)120(132-116)136-115-107-111(118(131-115)134-113)127-103-91-71-67-79(55-43-39-35-31-27-23-19-15-11-7-3)75-95(91)83-59-47-51-63-87(83)99(103)123-107/h45-52,57-76H,5-44,53-56H2,1-4H3,(H2,129,130,131,132,133,134,135,136). The number of hydrogen-bond acceptors (Lipinski definition) is 14. The van der Waals surface area contributed by atoms with Gasteiger partial charge >= 0.3 is 0 Å². The normalized spacial score (nSPS) is 12.4. The third-order valence-corrected chi connectivity index (χ3v) is 29.6. The molecule has 0 aliphatic carbocycles. The first-order valence-corrected chi connectivity index (χ1v) is 52.8. The van der Waals surface area contributed by atoms with E-state index in [2.05, 4.69) is 208 Å². The Bertz CT molecular complexity index is 7400. The van der Waals surface area contributed by atoms with Crippen LogP contribution in [0.2, 0.25) is 0 Å². The predicted molar refractivity (Wildman–Crippen MR) is 571 cm³/mol. The molecule has 2 N–H and O–H groups in total. The van der Waals surface area contributed by atoms with Crippen LogP contribution in [0.1, 0.15) is 307 Å². The Morgan fingerprint density at radius 3 is 0.537 bits per heavy atom. The molecule has 0 spiro atoms. The smallest absolute Gasteiger partial charge is 0.184 e. The van der Waals surface area contributed by atoms with Gasteiger partial charge in [0.25, 0.3) is 0 Å². The molecule has 2 aliphatic heterocycles. The van der Waals surface area contributed by atoms with Gasteiger partial charge < -0.3 is 9.97 Å². The Kier molecular flexibility index (Phi) is 27.8. The van der Waals surface area contributed by atoms with E-state index in [9.17, 15) is 0 Å². The highest BCUT2D eigenvalue weighted by Gasteiger charge is 2.31. The maximum Gasteiger partial charge on any atom is 0.184 e. The van der Waals surface area contributed by atoms with Gasteiger partial charge in [-0.1, -0.05) is 429 Å². The second-order valence-corrected chi connectivity index (χ2v) is 39.5. The Hall–Kier alpha value is -12.6. The molecule has 136 heavy (non-hydrogen) atoms. The number of unbranched alkanes of at least 4 members (excludes halogenated alkanes) is 36. The maximum absolute atomic E-state index is 5.85. The Morgan fingerprint density at radius 2 is 0.331 bits per heavy atom. The minimum absolute atomic E-state index is 0.285. The van der Waals surface area contributed by atoms with Crippen molar-refractivity contribution >= 4 is 175 Å². The van der Waals surface area contributed by atoms with Crippen LogP contribution in [0.25, 0.3) is 221 Å². The molecule has 0 saturated heterocycles. The van der Waals surface area contributed by atoms with Crippen molar-refractivity contribution in [1.82, 2.24) is 79.7 Å². The van der Waals surface area contributed by atoms with E-state index in [0.29, 0.717) is 67.4 Å². The van der Waals surface area contributed by atoms with E-state index in [1.54, 1.807) is 0 Å². The predicted octanol–water partition coefficient (Wildman–Crippen LogP) is 33.7. The van der Waals surface area contributed by atoms with Gasteiger partial charge in [0.1, 0.15) is 44.8 Å². The van der Waals surface area contributed by atoms with Crippen LogP contribution in [0.5, 0.6) is 0 Å². The lowest BCUT2D eigenvalue weighted by Crippen LogP contribution is -1.96. The molecule has 16 nitrogen and oxygen atoms in total. The number of aryl methyl sites for hydroxylation is 4. The zero-order chi connectivity index (χ0) is 91.6. The first-order valence-electron chi connectivity index (χ1n) is 52.8. The summed E-state index contributed by atoms with van der Waals surface area (Å²) in [6, 6.07) is 62.5. The summed E-state index contributed by atoms with van der Waals surface area (Å²) in [6.07, 6.45) is 55.8. The SMILES string of the molecule is CCCCCCCCCCCCc1ccc2c(c1)c1ccccc1c1nc3c(nc21)-c1nc-3nc2[nH]c(nc3nc(nc4[nH]c(n1)c1nc5c6ccccc6c6cc(CCCCCCCCCCCC)ccc6c5nc41)-c1nc4c5ccccc5c5cc(CCCCCCCCCCCC)ccc5c4nc1-3)c1nc3c4ccccc4c4cc(CCCCCCCCCCCC)ccc4c3nc21. The summed E-state index contributed by atoms with van der Waals surface area (Å²) >= 11 is 0. The highest BCUT2D eigenvalue weighted by molar-refractivity contribution is 6.28. The fraction of sp³-hybridized carbons (Fsp3) is 0.400. The van der Waals surface area contributed by atoms with Gasteiger partial charge in [-0.3, -0.25) is 0 Å². The van der Waals surface area contributed by atoms with E-state index >= 15 is 0 Å². The Balaban J connectivity index is 0.767. The number of nitrogens with one attached hydrogen (secondary N) is 2. The Morgan fingerprint density at radius 1 is 0.154 bits per heavy atom. The Labute approximate surface area is 798 Å². The van der Waals surface area contributed by atoms with Gasteiger partial charge in [0.2, 0.25) is 0 Å². The van der Waals surface area contributed by atoms with E-state index in [1.807, 2.05) is 0 Å². The molecule has 19 aromatic rings. The average molecular weight is 1800 g/mol. The van der Waals surface area contributed by atoms with Crippen LogP contribution in [0.4, 0.5) is 0 Å². The number of benzene rings is 12. The molecule has 12 aromatic carbocycles. The van der Waals surface area contributed by atoms with Crippen molar-refractivity contribution in [1.29, 1.82) is 0 Å². The summed E-state index contributed by atoms with van der Waals surface area (Å²) in [5, 5.41) is 16.9. The summed E-state index contributed by atoms with van der Waals surface area (Å²) in [5.41, 5.74) is 16.5. The fourth-order valence-corrected chi connectivity index (χ4v) is 22.1. The van der Waals surface area contributed by atoms with E-state index in [-0.39, 0.29) is 23.3 Å². The van der Waals surface area contributed by atoms with Crippen LogP contribution in [0, 0.1) is 0 Å². The van der Waals surface area contributed by atoms with Gasteiger partial charge in [0.05, 0.1) is 44.1 Å². The molecule has 0 radical (unpaired) electrons. The fourth-order valence-electron chi connectivity index (χ4n) is 22.1. The number of aromatic nitrogens is 16. The van der Waals surface area contributed by atoms with Crippen LogP contribution in [-0.2, 0) is 25.7 Å². The molecular formula is C120H130N16. The maximum atomic E-state index is 5.85. The third-order valence-electron chi connectivity index (χ3n) is 29.6. The topological polar surface area (TPSA) is 212 Å². The third kappa shape index (κ3) is 18.6. The highest BCUT2D eigenvalue weighted by atomic mass is 15.1. The summed E-state index contributed by atoms with van der Waals surface area (Å²) in [4.78, 5) is 88.3. The summed E-state index contributed by atoms with van der Waals surface area (Å²) in [5.74, 6) is 1.14. The molecule has 0 saturated carbocycles. The lowest BCUT2D eigenvalue weighted by molar-refractivity contribution is 0.556.